The summed E-state index contributed by atoms with van der Waals surface area (Å²) in [6.45, 7) is 3.99. The summed E-state index contributed by atoms with van der Waals surface area (Å²) in [5, 5.41) is 0. The van der Waals surface area contributed by atoms with Crippen molar-refractivity contribution in [2.75, 3.05) is 11.4 Å². The van der Waals surface area contributed by atoms with E-state index in [1.165, 1.54) is 0 Å². The number of rotatable bonds is 5. The van der Waals surface area contributed by atoms with Gasteiger partial charge in [-0.15, -0.1) is 0 Å². The molecule has 0 aliphatic rings. The molecule has 0 radical (unpaired) electrons. The SMILES string of the molecule is CCN(Cc1ccco1)c1cncc(CN)n1. The first-order valence-corrected chi connectivity index (χ1v) is 5.61. The maximum atomic E-state index is 5.56. The Bertz CT molecular complexity index is 455. The second-order valence-corrected chi connectivity index (χ2v) is 3.67. The van der Waals surface area contributed by atoms with Crippen molar-refractivity contribution < 1.29 is 4.42 Å². The molecule has 2 N–H and O–H groups in total. The predicted octanol–water partition coefficient (Wildman–Crippen LogP) is 1.55. The molecule has 2 aromatic heterocycles. The number of nitrogens with zero attached hydrogens (tertiary/aromatic N) is 3. The summed E-state index contributed by atoms with van der Waals surface area (Å²) in [5.41, 5.74) is 6.35. The van der Waals surface area contributed by atoms with E-state index in [4.69, 9.17) is 10.2 Å². The Morgan fingerprint density at radius 3 is 2.94 bits per heavy atom. The number of hydrogen-bond acceptors (Lipinski definition) is 5. The summed E-state index contributed by atoms with van der Waals surface area (Å²) in [6, 6.07) is 3.83. The van der Waals surface area contributed by atoms with E-state index in [1.807, 2.05) is 12.1 Å². The van der Waals surface area contributed by atoms with Crippen LogP contribution in [0.25, 0.3) is 0 Å². The van der Waals surface area contributed by atoms with Gasteiger partial charge in [0.15, 0.2) is 0 Å². The molecular formula is C12H16N4O. The fraction of sp³-hybridized carbons (Fsp3) is 0.333. The minimum Gasteiger partial charge on any atom is -0.467 e. The third-order valence-corrected chi connectivity index (χ3v) is 2.51. The first-order valence-electron chi connectivity index (χ1n) is 5.61. The molecule has 0 unspecified atom stereocenters. The van der Waals surface area contributed by atoms with Crippen molar-refractivity contribution in [3.05, 3.63) is 42.2 Å². The molecule has 0 fully saturated rings. The van der Waals surface area contributed by atoms with Crippen molar-refractivity contribution in [1.82, 2.24) is 9.97 Å². The normalized spacial score (nSPS) is 10.5. The van der Waals surface area contributed by atoms with Crippen molar-refractivity contribution in [2.24, 2.45) is 5.73 Å². The van der Waals surface area contributed by atoms with Gasteiger partial charge in [0.05, 0.1) is 24.7 Å². The lowest BCUT2D eigenvalue weighted by molar-refractivity contribution is 0.502. The number of furan rings is 1. The van der Waals surface area contributed by atoms with Crippen LogP contribution in [0.15, 0.2) is 35.2 Å². The summed E-state index contributed by atoms with van der Waals surface area (Å²) in [4.78, 5) is 10.7. The van der Waals surface area contributed by atoms with Crippen LogP contribution < -0.4 is 10.6 Å². The Morgan fingerprint density at radius 1 is 1.41 bits per heavy atom. The highest BCUT2D eigenvalue weighted by molar-refractivity contribution is 5.36. The highest BCUT2D eigenvalue weighted by atomic mass is 16.3. The molecule has 0 spiro atoms. The molecule has 0 aromatic carbocycles. The van der Waals surface area contributed by atoms with E-state index in [0.29, 0.717) is 13.1 Å². The molecule has 2 rings (SSSR count). The van der Waals surface area contributed by atoms with Crippen LogP contribution in [0.4, 0.5) is 5.82 Å². The Balaban J connectivity index is 2.16. The van der Waals surface area contributed by atoms with Gasteiger partial charge in [-0.25, -0.2) is 4.98 Å². The zero-order valence-corrected chi connectivity index (χ0v) is 9.84. The van der Waals surface area contributed by atoms with E-state index >= 15 is 0 Å². The summed E-state index contributed by atoms with van der Waals surface area (Å²) < 4.78 is 5.33. The maximum absolute atomic E-state index is 5.56. The van der Waals surface area contributed by atoms with Gasteiger partial charge in [0.1, 0.15) is 11.6 Å². The third kappa shape index (κ3) is 2.82. The van der Waals surface area contributed by atoms with Crippen molar-refractivity contribution in [3.63, 3.8) is 0 Å². The van der Waals surface area contributed by atoms with Gasteiger partial charge in [-0.3, -0.25) is 4.98 Å². The lowest BCUT2D eigenvalue weighted by Gasteiger charge is -2.20. The van der Waals surface area contributed by atoms with Crippen LogP contribution >= 0.6 is 0 Å². The van der Waals surface area contributed by atoms with Gasteiger partial charge in [0.25, 0.3) is 0 Å². The van der Waals surface area contributed by atoms with Crippen LogP contribution in [-0.4, -0.2) is 16.5 Å². The Kier molecular flexibility index (Phi) is 3.72. The number of aromatic nitrogens is 2. The Labute approximate surface area is 100 Å². The number of anilines is 1. The smallest absolute Gasteiger partial charge is 0.147 e. The molecule has 5 nitrogen and oxygen atoms in total. The largest absolute Gasteiger partial charge is 0.467 e. The van der Waals surface area contributed by atoms with E-state index in [-0.39, 0.29) is 0 Å². The summed E-state index contributed by atoms with van der Waals surface area (Å²) in [7, 11) is 0. The second-order valence-electron chi connectivity index (χ2n) is 3.67. The van der Waals surface area contributed by atoms with E-state index in [1.54, 1.807) is 18.7 Å². The van der Waals surface area contributed by atoms with Crippen LogP contribution in [-0.2, 0) is 13.1 Å². The van der Waals surface area contributed by atoms with Crippen molar-refractivity contribution >= 4 is 5.82 Å². The van der Waals surface area contributed by atoms with E-state index in [9.17, 15) is 0 Å². The fourth-order valence-corrected chi connectivity index (χ4v) is 1.59. The van der Waals surface area contributed by atoms with E-state index in [2.05, 4.69) is 21.8 Å². The van der Waals surface area contributed by atoms with Crippen LogP contribution in [0.5, 0.6) is 0 Å². The van der Waals surface area contributed by atoms with Crippen LogP contribution in [0, 0.1) is 0 Å². The van der Waals surface area contributed by atoms with Gasteiger partial charge in [-0.1, -0.05) is 0 Å². The van der Waals surface area contributed by atoms with Crippen LogP contribution in [0.3, 0.4) is 0 Å². The molecule has 0 saturated carbocycles. The van der Waals surface area contributed by atoms with Crippen LogP contribution in [0.1, 0.15) is 18.4 Å². The average molecular weight is 232 g/mol. The molecule has 0 atom stereocenters. The fourth-order valence-electron chi connectivity index (χ4n) is 1.59. The highest BCUT2D eigenvalue weighted by Gasteiger charge is 2.09. The van der Waals surface area contributed by atoms with E-state index in [0.717, 1.165) is 23.8 Å². The summed E-state index contributed by atoms with van der Waals surface area (Å²) in [5.74, 6) is 1.73. The number of hydrogen-bond donors (Lipinski definition) is 1. The quantitative estimate of drug-likeness (QED) is 0.847. The van der Waals surface area contributed by atoms with Gasteiger partial charge in [-0.05, 0) is 19.1 Å². The lowest BCUT2D eigenvalue weighted by atomic mass is 10.3. The van der Waals surface area contributed by atoms with Gasteiger partial charge >= 0.3 is 0 Å². The monoisotopic (exact) mass is 232 g/mol. The zero-order valence-electron chi connectivity index (χ0n) is 9.84. The van der Waals surface area contributed by atoms with Crippen molar-refractivity contribution in [1.29, 1.82) is 0 Å². The molecule has 0 bridgehead atoms. The maximum Gasteiger partial charge on any atom is 0.147 e. The predicted molar refractivity (Wildman–Crippen MR) is 65.4 cm³/mol. The highest BCUT2D eigenvalue weighted by Crippen LogP contribution is 2.13. The van der Waals surface area contributed by atoms with Gasteiger partial charge in [0.2, 0.25) is 0 Å². The molecule has 0 aliphatic carbocycles. The van der Waals surface area contributed by atoms with Crippen molar-refractivity contribution in [2.45, 2.75) is 20.0 Å². The first kappa shape index (κ1) is 11.6. The minimum atomic E-state index is 0.402. The summed E-state index contributed by atoms with van der Waals surface area (Å²) >= 11 is 0. The standard InChI is InChI=1S/C12H16N4O/c1-2-16(9-11-4-3-5-17-11)12-8-14-7-10(6-13)15-12/h3-5,7-8H,2,6,9,13H2,1H3. The zero-order chi connectivity index (χ0) is 12.1. The molecule has 0 amide bonds. The molecule has 5 heteroatoms. The molecule has 0 aliphatic heterocycles. The lowest BCUT2D eigenvalue weighted by Crippen LogP contribution is -2.23. The third-order valence-electron chi connectivity index (χ3n) is 2.51. The molecule has 2 heterocycles. The van der Waals surface area contributed by atoms with Crippen LogP contribution in [0.2, 0.25) is 0 Å². The second kappa shape index (κ2) is 5.45. The molecule has 0 saturated heterocycles. The van der Waals surface area contributed by atoms with E-state index < -0.39 is 0 Å². The summed E-state index contributed by atoms with van der Waals surface area (Å²) in [6.07, 6.45) is 5.10. The first-order chi connectivity index (χ1) is 8.33. The topological polar surface area (TPSA) is 68.2 Å². The molecule has 2 aromatic rings. The van der Waals surface area contributed by atoms with Gasteiger partial charge < -0.3 is 15.1 Å². The Morgan fingerprint density at radius 2 is 2.29 bits per heavy atom. The van der Waals surface area contributed by atoms with Gasteiger partial charge in [0, 0.05) is 19.3 Å². The molecular weight excluding hydrogens is 216 g/mol. The van der Waals surface area contributed by atoms with Gasteiger partial charge in [-0.2, -0.15) is 0 Å². The minimum absolute atomic E-state index is 0.402. The average Bonchev–Trinajstić information content (AvgIpc) is 2.89. The number of nitrogens with two attached hydrogens (primary N) is 1. The molecule has 17 heavy (non-hydrogen) atoms. The molecule has 90 valence electrons. The van der Waals surface area contributed by atoms with Crippen molar-refractivity contribution in [3.8, 4) is 0 Å². The Hall–Kier alpha value is -1.88.